The zero-order valence-corrected chi connectivity index (χ0v) is 18.8. The maximum atomic E-state index is 13.0. The molecule has 0 N–H and O–H groups in total. The molecule has 0 radical (unpaired) electrons. The fourth-order valence-electron chi connectivity index (χ4n) is 5.77. The van der Waals surface area contributed by atoms with Crippen LogP contribution >= 0.6 is 0 Å². The molecule has 1 saturated heterocycles. The lowest BCUT2D eigenvalue weighted by atomic mass is 9.90. The first-order valence-electron chi connectivity index (χ1n) is 11.7. The van der Waals surface area contributed by atoms with E-state index in [1.165, 1.54) is 19.1 Å². The van der Waals surface area contributed by atoms with Crippen LogP contribution in [-0.2, 0) is 17.8 Å². The first-order valence-corrected chi connectivity index (χ1v) is 11.7. The van der Waals surface area contributed by atoms with Crippen molar-refractivity contribution in [2.24, 2.45) is 0 Å². The molecule has 1 aliphatic carbocycles. The topological polar surface area (TPSA) is 82.6 Å². The van der Waals surface area contributed by atoms with E-state index in [0.717, 1.165) is 41.9 Å². The number of amides is 1. The van der Waals surface area contributed by atoms with Gasteiger partial charge < -0.3 is 19.0 Å². The van der Waals surface area contributed by atoms with E-state index in [4.69, 9.17) is 14.1 Å². The highest BCUT2D eigenvalue weighted by molar-refractivity contribution is 5.92. The Hall–Kier alpha value is -2.85. The molecule has 2 fully saturated rings. The largest absolute Gasteiger partial charge is 0.459 e. The third-order valence-corrected chi connectivity index (χ3v) is 7.21. The highest BCUT2D eigenvalue weighted by Crippen LogP contribution is 2.40. The minimum absolute atomic E-state index is 0.0287. The Balaban J connectivity index is 1.50. The lowest BCUT2D eigenvalue weighted by Gasteiger charge is -2.45. The van der Waals surface area contributed by atoms with Crippen LogP contribution in [0.25, 0.3) is 0 Å². The molecule has 0 spiro atoms. The third-order valence-electron chi connectivity index (χ3n) is 7.21. The van der Waals surface area contributed by atoms with Crippen molar-refractivity contribution >= 4 is 11.7 Å². The summed E-state index contributed by atoms with van der Waals surface area (Å²) in [7, 11) is 0. The molecule has 3 aliphatic rings. The van der Waals surface area contributed by atoms with Crippen molar-refractivity contribution in [1.29, 1.82) is 5.26 Å². The van der Waals surface area contributed by atoms with Gasteiger partial charge in [0.15, 0.2) is 5.76 Å². The van der Waals surface area contributed by atoms with E-state index >= 15 is 0 Å². The standard InChI is InChI=1S/C25H30N4O3/c1-16-13-28(14-17(2)29(16)25(30)22-8-5-10-32-22)24-20(12-26)19-9-11-31-15-21(19)23(27-24)18-6-3-4-7-18/h5,8,10,16-18H,3-4,6-7,9,11,13-15H2,1-2H3/t16-,17+. The van der Waals surface area contributed by atoms with Crippen molar-refractivity contribution in [3.8, 4) is 6.07 Å². The van der Waals surface area contributed by atoms with E-state index in [0.29, 0.717) is 43.5 Å². The van der Waals surface area contributed by atoms with Gasteiger partial charge in [0.25, 0.3) is 5.91 Å². The lowest BCUT2D eigenvalue weighted by Crippen LogP contribution is -2.59. The maximum absolute atomic E-state index is 13.0. The molecule has 32 heavy (non-hydrogen) atoms. The summed E-state index contributed by atoms with van der Waals surface area (Å²) in [6, 6.07) is 5.86. The number of hydrogen-bond acceptors (Lipinski definition) is 6. The van der Waals surface area contributed by atoms with Crippen LogP contribution in [0.3, 0.4) is 0 Å². The first-order chi connectivity index (χ1) is 15.6. The number of anilines is 1. The summed E-state index contributed by atoms with van der Waals surface area (Å²) in [6.45, 7) is 6.59. The van der Waals surface area contributed by atoms with Crippen molar-refractivity contribution in [3.05, 3.63) is 46.5 Å². The Morgan fingerprint density at radius 2 is 1.94 bits per heavy atom. The van der Waals surface area contributed by atoms with Gasteiger partial charge in [-0.2, -0.15) is 5.26 Å². The van der Waals surface area contributed by atoms with Crippen molar-refractivity contribution < 1.29 is 13.9 Å². The molecule has 1 saturated carbocycles. The van der Waals surface area contributed by atoms with E-state index in [1.807, 2.05) is 4.90 Å². The molecule has 168 valence electrons. The summed E-state index contributed by atoms with van der Waals surface area (Å²) in [5.74, 6) is 1.52. The molecule has 1 amide bonds. The van der Waals surface area contributed by atoms with E-state index in [-0.39, 0.29) is 18.0 Å². The Morgan fingerprint density at radius 3 is 2.59 bits per heavy atom. The van der Waals surface area contributed by atoms with Crippen LogP contribution in [0.4, 0.5) is 5.82 Å². The molecule has 0 unspecified atom stereocenters. The number of fused-ring (bicyclic) bond motifs is 1. The van der Waals surface area contributed by atoms with Crippen molar-refractivity contribution in [2.75, 3.05) is 24.6 Å². The number of rotatable bonds is 3. The van der Waals surface area contributed by atoms with Crippen molar-refractivity contribution in [3.63, 3.8) is 0 Å². The smallest absolute Gasteiger partial charge is 0.290 e. The number of carbonyl (C=O) groups is 1. The van der Waals surface area contributed by atoms with Gasteiger partial charge in [0, 0.05) is 36.7 Å². The zero-order chi connectivity index (χ0) is 22.2. The van der Waals surface area contributed by atoms with Gasteiger partial charge in [-0.05, 0) is 50.8 Å². The highest BCUT2D eigenvalue weighted by Gasteiger charge is 2.37. The molecule has 7 nitrogen and oxygen atoms in total. The quantitative estimate of drug-likeness (QED) is 0.726. The van der Waals surface area contributed by atoms with E-state index in [2.05, 4.69) is 24.8 Å². The van der Waals surface area contributed by atoms with Gasteiger partial charge in [0.05, 0.1) is 30.7 Å². The molecule has 2 aliphatic heterocycles. The summed E-state index contributed by atoms with van der Waals surface area (Å²) < 4.78 is 11.1. The normalized spacial score (nSPS) is 23.8. The second-order valence-electron chi connectivity index (χ2n) is 9.34. The highest BCUT2D eigenvalue weighted by atomic mass is 16.5. The molecule has 0 aromatic carbocycles. The van der Waals surface area contributed by atoms with Gasteiger partial charge in [-0.3, -0.25) is 4.79 Å². The number of piperazine rings is 1. The number of pyridine rings is 1. The molecule has 5 rings (SSSR count). The number of aromatic nitrogens is 1. The second-order valence-corrected chi connectivity index (χ2v) is 9.34. The van der Waals surface area contributed by atoms with Gasteiger partial charge in [0.1, 0.15) is 11.9 Å². The van der Waals surface area contributed by atoms with Crippen molar-refractivity contribution in [1.82, 2.24) is 9.88 Å². The second kappa shape index (κ2) is 8.59. The van der Waals surface area contributed by atoms with E-state index < -0.39 is 0 Å². The van der Waals surface area contributed by atoms with E-state index in [1.54, 1.807) is 12.1 Å². The SMILES string of the molecule is C[C@@H]1CN(c2nc(C3CCCC3)c3c(c2C#N)CCOC3)C[C@H](C)N1C(=O)c1ccco1. The zero-order valence-electron chi connectivity index (χ0n) is 18.8. The Bertz CT molecular complexity index is 1020. The summed E-state index contributed by atoms with van der Waals surface area (Å²) >= 11 is 0. The number of hydrogen-bond donors (Lipinski definition) is 0. The van der Waals surface area contributed by atoms with Crippen LogP contribution < -0.4 is 4.90 Å². The summed E-state index contributed by atoms with van der Waals surface area (Å²) in [5.41, 5.74) is 4.10. The fourth-order valence-corrected chi connectivity index (χ4v) is 5.77. The van der Waals surface area contributed by atoms with Gasteiger partial charge in [-0.15, -0.1) is 0 Å². The number of furan rings is 1. The van der Waals surface area contributed by atoms with Gasteiger partial charge >= 0.3 is 0 Å². The molecular formula is C25H30N4O3. The van der Waals surface area contributed by atoms with Crippen LogP contribution in [0.1, 0.15) is 78.4 Å². The van der Waals surface area contributed by atoms with Crippen LogP contribution in [0.15, 0.2) is 22.8 Å². The first kappa shape index (κ1) is 21.0. The van der Waals surface area contributed by atoms with Gasteiger partial charge in [-0.1, -0.05) is 12.8 Å². The summed E-state index contributed by atoms with van der Waals surface area (Å²) in [5, 5.41) is 10.1. The lowest BCUT2D eigenvalue weighted by molar-refractivity contribution is 0.0541. The van der Waals surface area contributed by atoms with Gasteiger partial charge in [0.2, 0.25) is 0 Å². The summed E-state index contributed by atoms with van der Waals surface area (Å²) in [6.07, 6.45) is 7.07. The number of ether oxygens (including phenoxy) is 1. The molecule has 2 aromatic rings. The number of carbonyl (C=O) groups excluding carboxylic acids is 1. The fraction of sp³-hybridized carbons (Fsp3) is 0.560. The predicted molar refractivity (Wildman–Crippen MR) is 120 cm³/mol. The molecule has 2 aromatic heterocycles. The Morgan fingerprint density at radius 1 is 1.19 bits per heavy atom. The monoisotopic (exact) mass is 434 g/mol. The van der Waals surface area contributed by atoms with E-state index in [9.17, 15) is 10.1 Å². The third kappa shape index (κ3) is 3.57. The molecular weight excluding hydrogens is 404 g/mol. The molecule has 0 bridgehead atoms. The van der Waals surface area contributed by atoms with Gasteiger partial charge in [-0.25, -0.2) is 4.98 Å². The van der Waals surface area contributed by atoms with Crippen LogP contribution in [0.5, 0.6) is 0 Å². The minimum atomic E-state index is -0.0858. The number of nitriles is 1. The van der Waals surface area contributed by atoms with Crippen LogP contribution in [0.2, 0.25) is 0 Å². The molecule has 4 heterocycles. The predicted octanol–water partition coefficient (Wildman–Crippen LogP) is 4.02. The number of nitrogens with zero attached hydrogens (tertiary/aromatic N) is 4. The van der Waals surface area contributed by atoms with Crippen LogP contribution in [-0.4, -0.2) is 47.6 Å². The van der Waals surface area contributed by atoms with Crippen LogP contribution in [0, 0.1) is 11.3 Å². The average Bonchev–Trinajstić information content (AvgIpc) is 3.52. The molecule has 2 atom stereocenters. The Labute approximate surface area is 189 Å². The Kier molecular flexibility index (Phi) is 5.64. The summed E-state index contributed by atoms with van der Waals surface area (Å²) in [4.78, 5) is 22.3. The average molecular weight is 435 g/mol. The van der Waals surface area contributed by atoms with Crippen molar-refractivity contribution in [2.45, 2.75) is 70.6 Å². The molecule has 7 heteroatoms. The minimum Gasteiger partial charge on any atom is -0.459 e. The maximum Gasteiger partial charge on any atom is 0.290 e.